The third-order valence-electron chi connectivity index (χ3n) is 2.03. The Balaban J connectivity index is 2.22. The highest BCUT2D eigenvalue weighted by Gasteiger charge is 2.21. The van der Waals surface area contributed by atoms with Crippen LogP contribution in [0.25, 0.3) is 0 Å². The van der Waals surface area contributed by atoms with Gasteiger partial charge >= 0.3 is 0 Å². The maximum absolute atomic E-state index is 8.61. The third kappa shape index (κ3) is 1.52. The molecule has 0 aromatic heterocycles. The number of benzene rings is 1. The van der Waals surface area contributed by atoms with Crippen LogP contribution in [-0.2, 0) is 4.84 Å². The fourth-order valence-corrected chi connectivity index (χ4v) is 1.34. The van der Waals surface area contributed by atoms with Crippen molar-refractivity contribution in [3.05, 3.63) is 29.8 Å². The normalized spacial score (nSPS) is 19.6. The van der Waals surface area contributed by atoms with Crippen LogP contribution in [0.4, 0.5) is 5.69 Å². The van der Waals surface area contributed by atoms with E-state index in [0.717, 1.165) is 11.3 Å². The quantitative estimate of drug-likeness (QED) is 0.673. The fraction of sp³-hybridized carbons (Fsp3) is 0.200. The van der Waals surface area contributed by atoms with E-state index in [9.17, 15) is 0 Å². The molecule has 0 bridgehead atoms. The molecular formula is C10H9N3O. The van der Waals surface area contributed by atoms with E-state index in [1.807, 2.05) is 30.3 Å². The number of nitrogens with zero attached hydrogens (tertiary/aromatic N) is 2. The van der Waals surface area contributed by atoms with Gasteiger partial charge in [0.1, 0.15) is 6.07 Å². The van der Waals surface area contributed by atoms with Crippen LogP contribution in [0.5, 0.6) is 0 Å². The second-order valence-electron chi connectivity index (χ2n) is 3.09. The van der Waals surface area contributed by atoms with Crippen LogP contribution in [0.15, 0.2) is 29.4 Å². The van der Waals surface area contributed by atoms with Gasteiger partial charge in [-0.1, -0.05) is 17.3 Å². The first-order valence-electron chi connectivity index (χ1n) is 4.28. The predicted molar refractivity (Wildman–Crippen MR) is 52.5 cm³/mol. The minimum absolute atomic E-state index is 0.452. The average Bonchev–Trinajstić information content (AvgIpc) is 2.66. The van der Waals surface area contributed by atoms with Crippen molar-refractivity contribution in [2.75, 3.05) is 5.73 Å². The van der Waals surface area contributed by atoms with Crippen molar-refractivity contribution in [2.45, 2.75) is 12.5 Å². The van der Waals surface area contributed by atoms with Gasteiger partial charge in [-0.15, -0.1) is 0 Å². The molecule has 1 heterocycles. The Labute approximate surface area is 81.6 Å². The highest BCUT2D eigenvalue weighted by Crippen LogP contribution is 2.17. The summed E-state index contributed by atoms with van der Waals surface area (Å²) in [5, 5.41) is 12.5. The van der Waals surface area contributed by atoms with E-state index in [4.69, 9.17) is 15.8 Å². The number of oxime groups is 1. The Hall–Kier alpha value is -2.02. The minimum Gasteiger partial charge on any atom is -0.399 e. The van der Waals surface area contributed by atoms with E-state index < -0.39 is 6.10 Å². The van der Waals surface area contributed by atoms with E-state index in [-0.39, 0.29) is 0 Å². The van der Waals surface area contributed by atoms with E-state index in [2.05, 4.69) is 5.16 Å². The molecule has 4 heteroatoms. The zero-order valence-corrected chi connectivity index (χ0v) is 7.47. The van der Waals surface area contributed by atoms with Crippen molar-refractivity contribution in [1.29, 1.82) is 5.26 Å². The van der Waals surface area contributed by atoms with Crippen LogP contribution < -0.4 is 5.73 Å². The number of rotatable bonds is 1. The van der Waals surface area contributed by atoms with Gasteiger partial charge in [0.25, 0.3) is 0 Å². The number of hydrogen-bond donors (Lipinski definition) is 1. The number of anilines is 1. The van der Waals surface area contributed by atoms with Gasteiger partial charge in [0.2, 0.25) is 6.10 Å². The smallest absolute Gasteiger partial charge is 0.218 e. The first-order valence-corrected chi connectivity index (χ1v) is 4.28. The summed E-state index contributed by atoms with van der Waals surface area (Å²) in [5.74, 6) is 0. The van der Waals surface area contributed by atoms with E-state index in [0.29, 0.717) is 12.1 Å². The average molecular weight is 187 g/mol. The standard InChI is InChI=1S/C10H9N3O/c11-6-9-5-10(13-14-9)7-2-1-3-8(12)4-7/h1-4,9H,5,12H2/t9-/m0/s1. The molecule has 0 aliphatic carbocycles. The molecular weight excluding hydrogens is 178 g/mol. The SMILES string of the molecule is N#C[C@@H]1CC(c2cccc(N)c2)=NO1. The van der Waals surface area contributed by atoms with E-state index in [1.165, 1.54) is 0 Å². The molecule has 2 N–H and O–H groups in total. The van der Waals surface area contributed by atoms with E-state index in [1.54, 1.807) is 0 Å². The molecule has 0 amide bonds. The van der Waals surface area contributed by atoms with Gasteiger partial charge in [0, 0.05) is 17.7 Å². The summed E-state index contributed by atoms with van der Waals surface area (Å²) in [6, 6.07) is 9.39. The Morgan fingerprint density at radius 1 is 1.57 bits per heavy atom. The van der Waals surface area contributed by atoms with Crippen molar-refractivity contribution in [3.8, 4) is 6.07 Å². The Morgan fingerprint density at radius 2 is 2.43 bits per heavy atom. The molecule has 0 fully saturated rings. The van der Waals surface area contributed by atoms with Crippen molar-refractivity contribution in [1.82, 2.24) is 0 Å². The molecule has 1 atom stereocenters. The topological polar surface area (TPSA) is 71.4 Å². The predicted octanol–water partition coefficient (Wildman–Crippen LogP) is 1.29. The Kier molecular flexibility index (Phi) is 2.07. The lowest BCUT2D eigenvalue weighted by Crippen LogP contribution is -2.05. The molecule has 1 aromatic rings. The lowest BCUT2D eigenvalue weighted by molar-refractivity contribution is 0.125. The molecule has 70 valence electrons. The summed E-state index contributed by atoms with van der Waals surface area (Å²) in [6.45, 7) is 0. The van der Waals surface area contributed by atoms with Crippen molar-refractivity contribution in [2.24, 2.45) is 5.16 Å². The molecule has 1 aromatic carbocycles. The minimum atomic E-state index is -0.452. The van der Waals surface area contributed by atoms with Gasteiger partial charge < -0.3 is 10.6 Å². The molecule has 0 radical (unpaired) electrons. The number of nitrogens with two attached hydrogens (primary N) is 1. The molecule has 2 rings (SSSR count). The molecule has 1 aliphatic rings. The lowest BCUT2D eigenvalue weighted by atomic mass is 10.1. The monoisotopic (exact) mass is 187 g/mol. The summed E-state index contributed by atoms with van der Waals surface area (Å²) in [4.78, 5) is 4.90. The molecule has 14 heavy (non-hydrogen) atoms. The van der Waals surface area contributed by atoms with Crippen LogP contribution in [0, 0.1) is 11.3 Å². The summed E-state index contributed by atoms with van der Waals surface area (Å²) >= 11 is 0. The van der Waals surface area contributed by atoms with Crippen molar-refractivity contribution >= 4 is 11.4 Å². The van der Waals surface area contributed by atoms with Crippen LogP contribution >= 0.6 is 0 Å². The number of nitrogen functional groups attached to an aromatic ring is 1. The van der Waals surface area contributed by atoms with Gasteiger partial charge in [-0.05, 0) is 12.1 Å². The Bertz CT molecular complexity index is 420. The lowest BCUT2D eigenvalue weighted by Gasteiger charge is -1.99. The van der Waals surface area contributed by atoms with Gasteiger partial charge in [0.15, 0.2) is 0 Å². The molecule has 0 saturated carbocycles. The highest BCUT2D eigenvalue weighted by atomic mass is 16.6. The first-order chi connectivity index (χ1) is 6.79. The maximum Gasteiger partial charge on any atom is 0.218 e. The zero-order chi connectivity index (χ0) is 9.97. The van der Waals surface area contributed by atoms with Crippen LogP contribution in [-0.4, -0.2) is 11.8 Å². The van der Waals surface area contributed by atoms with Crippen LogP contribution in [0.1, 0.15) is 12.0 Å². The molecule has 0 unspecified atom stereocenters. The second kappa shape index (κ2) is 3.38. The summed E-state index contributed by atoms with van der Waals surface area (Å²) in [6.07, 6.45) is 0.0754. The van der Waals surface area contributed by atoms with Gasteiger partial charge in [0.05, 0.1) is 5.71 Å². The Morgan fingerprint density at radius 3 is 3.07 bits per heavy atom. The van der Waals surface area contributed by atoms with Crippen molar-refractivity contribution in [3.63, 3.8) is 0 Å². The molecule has 0 saturated heterocycles. The first kappa shape index (κ1) is 8.57. The van der Waals surface area contributed by atoms with E-state index >= 15 is 0 Å². The third-order valence-corrected chi connectivity index (χ3v) is 2.03. The summed E-state index contributed by atoms with van der Waals surface area (Å²) < 4.78 is 0. The van der Waals surface area contributed by atoms with Crippen molar-refractivity contribution < 1.29 is 4.84 Å². The van der Waals surface area contributed by atoms with Gasteiger partial charge in [-0.2, -0.15) is 5.26 Å². The highest BCUT2D eigenvalue weighted by molar-refractivity contribution is 6.02. The van der Waals surface area contributed by atoms with Gasteiger partial charge in [-0.25, -0.2) is 0 Å². The van der Waals surface area contributed by atoms with Gasteiger partial charge in [-0.3, -0.25) is 0 Å². The molecule has 4 nitrogen and oxygen atoms in total. The number of hydrogen-bond acceptors (Lipinski definition) is 4. The maximum atomic E-state index is 8.61. The fourth-order valence-electron chi connectivity index (χ4n) is 1.34. The second-order valence-corrected chi connectivity index (χ2v) is 3.09. The summed E-state index contributed by atoms with van der Waals surface area (Å²) in [7, 11) is 0. The van der Waals surface area contributed by atoms with Crippen LogP contribution in [0.3, 0.4) is 0 Å². The largest absolute Gasteiger partial charge is 0.399 e. The molecule has 0 spiro atoms. The summed E-state index contributed by atoms with van der Waals surface area (Å²) in [5.41, 5.74) is 8.02. The zero-order valence-electron chi connectivity index (χ0n) is 7.47. The number of nitriles is 1. The molecule has 1 aliphatic heterocycles. The van der Waals surface area contributed by atoms with Crippen LogP contribution in [0.2, 0.25) is 0 Å².